The molecule has 0 spiro atoms. The molecule has 0 unspecified atom stereocenters. The van der Waals surface area contributed by atoms with Gasteiger partial charge in [0.1, 0.15) is 10.3 Å². The first-order chi connectivity index (χ1) is 9.09. The minimum Gasteiger partial charge on any atom is -0.351 e. The average molecular weight is 327 g/mol. The normalized spacial score (nSPS) is 10.7. The number of hydrogen-bond donors (Lipinski definition) is 1. The largest absolute Gasteiger partial charge is 0.351 e. The quantitative estimate of drug-likeness (QED) is 0.575. The Morgan fingerprint density at radius 3 is 2.68 bits per heavy atom. The molecule has 1 rings (SSSR count). The number of halogens is 1. The number of carbonyl (C=O) groups excluding carboxylic acids is 1. The van der Waals surface area contributed by atoms with Crippen LogP contribution in [0.25, 0.3) is 0 Å². The van der Waals surface area contributed by atoms with Crippen LogP contribution in [0.3, 0.4) is 0 Å². The lowest BCUT2D eigenvalue weighted by atomic mass is 10.0. The van der Waals surface area contributed by atoms with Gasteiger partial charge in [-0.2, -0.15) is 0 Å². The Balaban J connectivity index is 2.11. The van der Waals surface area contributed by atoms with E-state index >= 15 is 0 Å². The highest BCUT2D eigenvalue weighted by atomic mass is 79.9. The Morgan fingerprint density at radius 2 is 2.00 bits per heavy atom. The van der Waals surface area contributed by atoms with Crippen molar-refractivity contribution in [2.24, 2.45) is 5.92 Å². The van der Waals surface area contributed by atoms with Gasteiger partial charge < -0.3 is 5.32 Å². The number of unbranched alkanes of at least 4 members (excludes halogenated alkanes) is 3. The fourth-order valence-corrected chi connectivity index (χ4v) is 2.20. The Morgan fingerprint density at radius 1 is 1.26 bits per heavy atom. The summed E-state index contributed by atoms with van der Waals surface area (Å²) in [5.74, 6) is 0.700. The van der Waals surface area contributed by atoms with Crippen molar-refractivity contribution in [3.05, 3.63) is 28.5 Å². The van der Waals surface area contributed by atoms with E-state index in [1.807, 2.05) is 12.1 Å². The van der Waals surface area contributed by atoms with Crippen molar-refractivity contribution in [2.45, 2.75) is 46.0 Å². The van der Waals surface area contributed by atoms with Gasteiger partial charge in [0.15, 0.2) is 0 Å². The molecule has 0 atom stereocenters. The van der Waals surface area contributed by atoms with Gasteiger partial charge >= 0.3 is 0 Å². The highest BCUT2D eigenvalue weighted by Crippen LogP contribution is 2.09. The maximum atomic E-state index is 11.8. The molecular weight excluding hydrogens is 304 g/mol. The van der Waals surface area contributed by atoms with Crippen molar-refractivity contribution >= 4 is 21.8 Å². The second-order valence-corrected chi connectivity index (χ2v) is 6.01. The number of pyridine rings is 1. The molecule has 0 aliphatic heterocycles. The number of hydrogen-bond acceptors (Lipinski definition) is 2. The molecule has 106 valence electrons. The van der Waals surface area contributed by atoms with E-state index in [9.17, 15) is 4.79 Å². The van der Waals surface area contributed by atoms with E-state index in [1.54, 1.807) is 6.07 Å². The van der Waals surface area contributed by atoms with Crippen LogP contribution >= 0.6 is 15.9 Å². The highest BCUT2D eigenvalue weighted by Gasteiger charge is 2.06. The van der Waals surface area contributed by atoms with Crippen LogP contribution in [-0.4, -0.2) is 17.4 Å². The lowest BCUT2D eigenvalue weighted by Crippen LogP contribution is -2.25. The third-order valence-electron chi connectivity index (χ3n) is 2.94. The van der Waals surface area contributed by atoms with E-state index in [0.717, 1.165) is 18.9 Å². The number of nitrogens with zero attached hydrogens (tertiary/aromatic N) is 1. The Labute approximate surface area is 124 Å². The minimum atomic E-state index is -0.0940. The third-order valence-corrected chi connectivity index (χ3v) is 3.38. The maximum Gasteiger partial charge on any atom is 0.269 e. The first-order valence-corrected chi connectivity index (χ1v) is 7.79. The molecule has 1 aromatic heterocycles. The Kier molecular flexibility index (Phi) is 7.72. The summed E-state index contributed by atoms with van der Waals surface area (Å²) in [6.07, 6.45) is 6.06. The Hall–Kier alpha value is -0.900. The summed E-state index contributed by atoms with van der Waals surface area (Å²) in [5, 5.41) is 2.90. The van der Waals surface area contributed by atoms with Crippen LogP contribution < -0.4 is 5.32 Å². The van der Waals surface area contributed by atoms with Gasteiger partial charge in [0.05, 0.1) is 0 Å². The van der Waals surface area contributed by atoms with Gasteiger partial charge in [-0.25, -0.2) is 4.98 Å². The third kappa shape index (κ3) is 7.31. The summed E-state index contributed by atoms with van der Waals surface area (Å²) in [6, 6.07) is 5.35. The lowest BCUT2D eigenvalue weighted by Gasteiger charge is -2.06. The van der Waals surface area contributed by atoms with Crippen LogP contribution in [0, 0.1) is 5.92 Å². The summed E-state index contributed by atoms with van der Waals surface area (Å²) in [5.41, 5.74) is 0.467. The molecule has 0 saturated carbocycles. The van der Waals surface area contributed by atoms with E-state index in [1.165, 1.54) is 25.7 Å². The van der Waals surface area contributed by atoms with Gasteiger partial charge in [0.2, 0.25) is 0 Å². The maximum absolute atomic E-state index is 11.8. The molecule has 1 heterocycles. The van der Waals surface area contributed by atoms with Crippen LogP contribution in [0.15, 0.2) is 22.8 Å². The van der Waals surface area contributed by atoms with Crippen LogP contribution in [0.1, 0.15) is 56.4 Å². The summed E-state index contributed by atoms with van der Waals surface area (Å²) in [6.45, 7) is 5.24. The molecule has 1 N–H and O–H groups in total. The second-order valence-electron chi connectivity index (χ2n) is 5.20. The topological polar surface area (TPSA) is 42.0 Å². The van der Waals surface area contributed by atoms with Crippen LogP contribution in [0.5, 0.6) is 0 Å². The van der Waals surface area contributed by atoms with Gasteiger partial charge in [0, 0.05) is 6.54 Å². The minimum absolute atomic E-state index is 0.0940. The van der Waals surface area contributed by atoms with Crippen LogP contribution in [0.2, 0.25) is 0 Å². The monoisotopic (exact) mass is 326 g/mol. The molecule has 4 heteroatoms. The van der Waals surface area contributed by atoms with Gasteiger partial charge in [-0.05, 0) is 40.4 Å². The smallest absolute Gasteiger partial charge is 0.269 e. The fourth-order valence-electron chi connectivity index (χ4n) is 1.86. The molecule has 0 fully saturated rings. The first kappa shape index (κ1) is 16.2. The predicted molar refractivity (Wildman–Crippen MR) is 82.2 cm³/mol. The van der Waals surface area contributed by atoms with Crippen LogP contribution in [-0.2, 0) is 0 Å². The molecule has 3 nitrogen and oxygen atoms in total. The van der Waals surface area contributed by atoms with Crippen LogP contribution in [0.4, 0.5) is 0 Å². The second kappa shape index (κ2) is 9.08. The SMILES string of the molecule is CC(C)CCCCCCNC(=O)c1cccc(Br)n1. The summed E-state index contributed by atoms with van der Waals surface area (Å²) in [7, 11) is 0. The zero-order valence-corrected chi connectivity index (χ0v) is 13.4. The summed E-state index contributed by atoms with van der Waals surface area (Å²) >= 11 is 3.26. The summed E-state index contributed by atoms with van der Waals surface area (Å²) < 4.78 is 0.689. The van der Waals surface area contributed by atoms with Crippen molar-refractivity contribution in [3.63, 3.8) is 0 Å². The number of amides is 1. The highest BCUT2D eigenvalue weighted by molar-refractivity contribution is 9.10. The molecule has 0 bridgehead atoms. The number of carbonyl (C=O) groups is 1. The summed E-state index contributed by atoms with van der Waals surface area (Å²) in [4.78, 5) is 15.9. The number of nitrogens with one attached hydrogen (secondary N) is 1. The van der Waals surface area contributed by atoms with Gasteiger partial charge in [0.25, 0.3) is 5.91 Å². The van der Waals surface area contributed by atoms with Gasteiger partial charge in [-0.15, -0.1) is 0 Å². The van der Waals surface area contributed by atoms with E-state index in [-0.39, 0.29) is 5.91 Å². The standard InChI is InChI=1S/C15H23BrN2O/c1-12(2)8-5-3-4-6-11-17-15(19)13-9-7-10-14(16)18-13/h7,9-10,12H,3-6,8,11H2,1-2H3,(H,17,19). The van der Waals surface area contributed by atoms with Crippen molar-refractivity contribution in [1.29, 1.82) is 0 Å². The number of aromatic nitrogens is 1. The first-order valence-electron chi connectivity index (χ1n) is 7.00. The van der Waals surface area contributed by atoms with Crippen molar-refractivity contribution in [2.75, 3.05) is 6.54 Å². The average Bonchev–Trinajstić information content (AvgIpc) is 2.37. The van der Waals surface area contributed by atoms with E-state index in [4.69, 9.17) is 0 Å². The van der Waals surface area contributed by atoms with E-state index in [2.05, 4.69) is 40.1 Å². The van der Waals surface area contributed by atoms with Gasteiger partial charge in [-0.1, -0.05) is 45.6 Å². The van der Waals surface area contributed by atoms with Crippen molar-refractivity contribution in [1.82, 2.24) is 10.3 Å². The molecule has 0 aromatic carbocycles. The zero-order chi connectivity index (χ0) is 14.1. The molecular formula is C15H23BrN2O. The molecule has 0 aliphatic carbocycles. The Bertz CT molecular complexity index is 393. The van der Waals surface area contributed by atoms with Gasteiger partial charge in [-0.3, -0.25) is 4.79 Å². The molecule has 1 amide bonds. The van der Waals surface area contributed by atoms with Crippen molar-refractivity contribution in [3.8, 4) is 0 Å². The van der Waals surface area contributed by atoms with E-state index < -0.39 is 0 Å². The van der Waals surface area contributed by atoms with Crippen molar-refractivity contribution < 1.29 is 4.79 Å². The molecule has 0 saturated heterocycles. The molecule has 19 heavy (non-hydrogen) atoms. The molecule has 1 aromatic rings. The molecule has 0 radical (unpaired) electrons. The van der Waals surface area contributed by atoms with E-state index in [0.29, 0.717) is 10.3 Å². The fraction of sp³-hybridized carbons (Fsp3) is 0.600. The predicted octanol–water partition coefficient (Wildman–Crippen LogP) is 4.18. The lowest BCUT2D eigenvalue weighted by molar-refractivity contribution is 0.0948. The zero-order valence-electron chi connectivity index (χ0n) is 11.8. The number of rotatable bonds is 8. The molecule has 0 aliphatic rings.